The van der Waals surface area contributed by atoms with E-state index >= 15 is 0 Å². The molecule has 0 radical (unpaired) electrons. The number of carbonyl (C=O) groups is 1. The molecule has 1 saturated carbocycles. The molecule has 172 valence electrons. The highest BCUT2D eigenvalue weighted by Crippen LogP contribution is 2.41. The summed E-state index contributed by atoms with van der Waals surface area (Å²) in [6.07, 6.45) is 5.03. The molecule has 3 N–H and O–H groups in total. The van der Waals surface area contributed by atoms with Gasteiger partial charge in [-0.05, 0) is 63.0 Å². The van der Waals surface area contributed by atoms with E-state index in [0.717, 1.165) is 38.0 Å². The van der Waals surface area contributed by atoms with E-state index in [2.05, 4.69) is 72.1 Å². The van der Waals surface area contributed by atoms with Crippen molar-refractivity contribution in [2.24, 2.45) is 0 Å². The average molecular weight is 438 g/mol. The van der Waals surface area contributed by atoms with Gasteiger partial charge in [-0.15, -0.1) is 0 Å². The maximum absolute atomic E-state index is 11.1. The van der Waals surface area contributed by atoms with Crippen LogP contribution in [0.15, 0.2) is 54.6 Å². The van der Waals surface area contributed by atoms with Crippen LogP contribution in [0.4, 0.5) is 0 Å². The number of nitrogens with zero attached hydrogens (tertiary/aromatic N) is 1. The summed E-state index contributed by atoms with van der Waals surface area (Å²) < 4.78 is 5.94. The fourth-order valence-corrected chi connectivity index (χ4v) is 5.16. The number of carboxylic acid groups (broad SMARTS) is 1. The number of hydrogen-bond acceptors (Lipinski definition) is 5. The van der Waals surface area contributed by atoms with Crippen molar-refractivity contribution in [3.63, 3.8) is 0 Å². The van der Waals surface area contributed by atoms with Gasteiger partial charge in [0, 0.05) is 31.1 Å². The minimum atomic E-state index is -0.813. The van der Waals surface area contributed by atoms with Crippen LogP contribution in [0.25, 0.3) is 0 Å². The summed E-state index contributed by atoms with van der Waals surface area (Å²) in [5, 5.41) is 15.8. The largest absolute Gasteiger partial charge is 0.489 e. The van der Waals surface area contributed by atoms with Gasteiger partial charge in [-0.3, -0.25) is 9.69 Å². The number of aliphatic carboxylic acids is 1. The van der Waals surface area contributed by atoms with E-state index in [0.29, 0.717) is 19.0 Å². The van der Waals surface area contributed by atoms with Crippen LogP contribution in [0, 0.1) is 0 Å². The smallest absolute Gasteiger partial charge is 0.320 e. The fraction of sp³-hybridized carbons (Fsp3) is 0.500. The zero-order chi connectivity index (χ0) is 22.6. The van der Waals surface area contributed by atoms with Gasteiger partial charge in [0.2, 0.25) is 0 Å². The molecule has 2 aromatic carbocycles. The minimum Gasteiger partial charge on any atom is -0.489 e. The van der Waals surface area contributed by atoms with E-state index in [4.69, 9.17) is 9.84 Å². The molecular formula is C26H35N3O3. The van der Waals surface area contributed by atoms with Crippen LogP contribution in [0.2, 0.25) is 0 Å². The van der Waals surface area contributed by atoms with Crippen molar-refractivity contribution in [1.82, 2.24) is 15.5 Å². The lowest BCUT2D eigenvalue weighted by atomic mass is 9.74. The van der Waals surface area contributed by atoms with Crippen LogP contribution in [0.1, 0.15) is 43.2 Å². The first-order valence-corrected chi connectivity index (χ1v) is 11.6. The van der Waals surface area contributed by atoms with Crippen molar-refractivity contribution in [3.8, 4) is 5.75 Å². The molecule has 2 aliphatic rings. The fourth-order valence-electron chi connectivity index (χ4n) is 5.16. The van der Waals surface area contributed by atoms with Crippen LogP contribution in [0.3, 0.4) is 0 Å². The molecule has 6 nitrogen and oxygen atoms in total. The maximum Gasteiger partial charge on any atom is 0.320 e. The van der Waals surface area contributed by atoms with Crippen molar-refractivity contribution in [2.45, 2.75) is 62.4 Å². The Balaban J connectivity index is 1.26. The number of rotatable bonds is 8. The zero-order valence-corrected chi connectivity index (χ0v) is 19.1. The second kappa shape index (κ2) is 10.0. The van der Waals surface area contributed by atoms with Crippen molar-refractivity contribution in [3.05, 3.63) is 65.7 Å². The third-order valence-electron chi connectivity index (χ3n) is 7.19. The molecule has 2 aromatic rings. The van der Waals surface area contributed by atoms with Gasteiger partial charge in [0.05, 0.1) is 0 Å². The molecule has 0 unspecified atom stereocenters. The van der Waals surface area contributed by atoms with E-state index in [1.54, 1.807) is 0 Å². The Morgan fingerprint density at radius 2 is 1.81 bits per heavy atom. The van der Waals surface area contributed by atoms with Crippen molar-refractivity contribution in [1.29, 1.82) is 0 Å². The molecule has 0 amide bonds. The summed E-state index contributed by atoms with van der Waals surface area (Å²) >= 11 is 0. The van der Waals surface area contributed by atoms with Gasteiger partial charge in [0.15, 0.2) is 0 Å². The summed E-state index contributed by atoms with van der Waals surface area (Å²) in [6.45, 7) is 1.41. The first-order valence-electron chi connectivity index (χ1n) is 11.6. The highest BCUT2D eigenvalue weighted by atomic mass is 16.5. The van der Waals surface area contributed by atoms with E-state index in [-0.39, 0.29) is 11.6 Å². The number of benzene rings is 2. The third kappa shape index (κ3) is 5.14. The molecule has 4 rings (SSSR count). The molecule has 32 heavy (non-hydrogen) atoms. The molecule has 0 spiro atoms. The predicted octanol–water partition coefficient (Wildman–Crippen LogP) is 3.37. The lowest BCUT2D eigenvalue weighted by Gasteiger charge is -2.45. The molecule has 2 atom stereocenters. The Morgan fingerprint density at radius 1 is 1.12 bits per heavy atom. The normalized spacial score (nSPS) is 28.0. The molecular weight excluding hydrogens is 402 g/mol. The van der Waals surface area contributed by atoms with E-state index < -0.39 is 12.0 Å². The number of nitrogens with one attached hydrogen (secondary N) is 2. The van der Waals surface area contributed by atoms with Crippen molar-refractivity contribution < 1.29 is 14.6 Å². The Kier molecular flexibility index (Phi) is 7.13. The van der Waals surface area contributed by atoms with E-state index in [1.807, 2.05) is 12.1 Å². The van der Waals surface area contributed by atoms with E-state index in [9.17, 15) is 4.79 Å². The molecule has 0 bridgehead atoms. The molecule has 1 aliphatic carbocycles. The maximum atomic E-state index is 11.1. The molecule has 2 fully saturated rings. The standard InChI is InChI=1S/C26H35N3O3/c1-29(2)26(20-6-4-3-5-7-20)14-12-21(13-15-26)27-17-19-8-10-22(11-9-19)32-23-16-24(25(30)31)28-18-23/h3-11,21,23-24,27-28H,12-18H2,1-2H3,(H,30,31)/t21?,23-,24-,26?/m0/s1. The van der Waals surface area contributed by atoms with Crippen molar-refractivity contribution in [2.75, 3.05) is 20.6 Å². The highest BCUT2D eigenvalue weighted by Gasteiger charge is 2.38. The van der Waals surface area contributed by atoms with Gasteiger partial charge >= 0.3 is 5.97 Å². The monoisotopic (exact) mass is 437 g/mol. The van der Waals surface area contributed by atoms with Gasteiger partial charge in [-0.25, -0.2) is 0 Å². The van der Waals surface area contributed by atoms with Crippen LogP contribution < -0.4 is 15.4 Å². The average Bonchev–Trinajstić information content (AvgIpc) is 3.28. The van der Waals surface area contributed by atoms with E-state index in [1.165, 1.54) is 11.1 Å². The molecule has 6 heteroatoms. The third-order valence-corrected chi connectivity index (χ3v) is 7.19. The molecule has 1 heterocycles. The summed E-state index contributed by atoms with van der Waals surface area (Å²) in [6, 6.07) is 19.1. The number of carboxylic acids is 1. The first-order chi connectivity index (χ1) is 15.5. The Hall–Kier alpha value is -2.41. The summed E-state index contributed by atoms with van der Waals surface area (Å²) in [5.74, 6) is -0.0188. The van der Waals surface area contributed by atoms with Gasteiger partial charge < -0.3 is 20.5 Å². The lowest BCUT2D eigenvalue weighted by Crippen LogP contribution is -2.47. The summed E-state index contributed by atoms with van der Waals surface area (Å²) in [5.41, 5.74) is 2.79. The zero-order valence-electron chi connectivity index (χ0n) is 19.1. The minimum absolute atomic E-state index is 0.0936. The van der Waals surface area contributed by atoms with Crippen LogP contribution >= 0.6 is 0 Å². The topological polar surface area (TPSA) is 73.8 Å². The number of ether oxygens (including phenoxy) is 1. The van der Waals surface area contributed by atoms with Gasteiger partial charge in [-0.1, -0.05) is 42.5 Å². The summed E-state index contributed by atoms with van der Waals surface area (Å²) in [4.78, 5) is 13.5. The molecule has 1 aliphatic heterocycles. The Bertz CT molecular complexity index is 877. The van der Waals surface area contributed by atoms with Crippen LogP contribution in [0.5, 0.6) is 5.75 Å². The van der Waals surface area contributed by atoms with Crippen LogP contribution in [-0.4, -0.2) is 54.8 Å². The molecule has 0 aromatic heterocycles. The highest BCUT2D eigenvalue weighted by molar-refractivity contribution is 5.73. The summed E-state index contributed by atoms with van der Waals surface area (Å²) in [7, 11) is 4.40. The Labute approximate surface area is 191 Å². The second-order valence-electron chi connectivity index (χ2n) is 9.37. The van der Waals surface area contributed by atoms with Gasteiger partial charge in [0.25, 0.3) is 0 Å². The molecule has 1 saturated heterocycles. The van der Waals surface area contributed by atoms with Crippen molar-refractivity contribution >= 4 is 5.97 Å². The second-order valence-corrected chi connectivity index (χ2v) is 9.37. The Morgan fingerprint density at radius 3 is 2.41 bits per heavy atom. The van der Waals surface area contributed by atoms with Crippen LogP contribution in [-0.2, 0) is 16.9 Å². The SMILES string of the molecule is CN(C)C1(c2ccccc2)CCC(NCc2ccc(O[C@@H]3CN[C@H](C(=O)O)C3)cc2)CC1. The van der Waals surface area contributed by atoms with Gasteiger partial charge in [-0.2, -0.15) is 0 Å². The number of hydrogen-bond donors (Lipinski definition) is 3. The lowest BCUT2D eigenvalue weighted by molar-refractivity contribution is -0.139. The first kappa shape index (κ1) is 22.8. The quantitative estimate of drug-likeness (QED) is 0.588. The predicted molar refractivity (Wildman–Crippen MR) is 126 cm³/mol. The van der Waals surface area contributed by atoms with Gasteiger partial charge in [0.1, 0.15) is 17.9 Å².